The van der Waals surface area contributed by atoms with E-state index in [1.807, 2.05) is 6.92 Å². The summed E-state index contributed by atoms with van der Waals surface area (Å²) in [4.78, 5) is 12.5. The van der Waals surface area contributed by atoms with Crippen molar-refractivity contribution in [2.75, 3.05) is 6.61 Å². The molecule has 0 aliphatic heterocycles. The summed E-state index contributed by atoms with van der Waals surface area (Å²) in [5, 5.41) is 0. The van der Waals surface area contributed by atoms with Gasteiger partial charge in [0.1, 0.15) is 0 Å². The monoisotopic (exact) mass is 337 g/mol. The van der Waals surface area contributed by atoms with Gasteiger partial charge in [0.2, 0.25) is 0 Å². The molecule has 0 saturated carbocycles. The van der Waals surface area contributed by atoms with E-state index in [-0.39, 0.29) is 16.6 Å². The van der Waals surface area contributed by atoms with Gasteiger partial charge in [-0.15, -0.1) is 0 Å². The predicted molar refractivity (Wildman–Crippen MR) is 87.4 cm³/mol. The van der Waals surface area contributed by atoms with Crippen LogP contribution in [0.4, 0.5) is 13.2 Å². The summed E-state index contributed by atoms with van der Waals surface area (Å²) in [6, 6.07) is 4.76. The fraction of sp³-hybridized carbons (Fsp3) is 0.278. The molecule has 0 fully saturated rings. The minimum atomic E-state index is -4.45. The van der Waals surface area contributed by atoms with Crippen LogP contribution in [0.2, 0.25) is 0 Å². The van der Waals surface area contributed by atoms with Crippen LogP contribution in [0.1, 0.15) is 24.5 Å². The van der Waals surface area contributed by atoms with Crippen molar-refractivity contribution in [1.82, 2.24) is 4.57 Å². The summed E-state index contributed by atoms with van der Waals surface area (Å²) in [6.07, 6.45) is 2.46. The number of nitrogens with zero attached hydrogens (tertiary/aromatic N) is 1. The van der Waals surface area contributed by atoms with Crippen molar-refractivity contribution < 1.29 is 17.9 Å². The van der Waals surface area contributed by atoms with Gasteiger partial charge in [0, 0.05) is 30.6 Å². The molecule has 0 aliphatic carbocycles. The zero-order chi connectivity index (χ0) is 17.7. The Morgan fingerprint density at radius 3 is 2.67 bits per heavy atom. The topological polar surface area (TPSA) is 31.2 Å². The van der Waals surface area contributed by atoms with Crippen molar-refractivity contribution in [2.45, 2.75) is 19.5 Å². The summed E-state index contributed by atoms with van der Waals surface area (Å²) in [5.41, 5.74) is -0.335. The molecule has 1 aromatic carbocycles. The number of pyridine rings is 1. The van der Waals surface area contributed by atoms with Crippen LogP contribution in [-0.2, 0) is 18.0 Å². The summed E-state index contributed by atoms with van der Waals surface area (Å²) in [6.45, 7) is 2.49. The van der Waals surface area contributed by atoms with E-state index >= 15 is 0 Å². The van der Waals surface area contributed by atoms with Crippen molar-refractivity contribution in [3.05, 3.63) is 64.3 Å². The van der Waals surface area contributed by atoms with Crippen LogP contribution in [-0.4, -0.2) is 11.2 Å². The van der Waals surface area contributed by atoms with Gasteiger partial charge in [-0.2, -0.15) is 13.2 Å². The van der Waals surface area contributed by atoms with Crippen molar-refractivity contribution in [3.8, 4) is 11.1 Å². The molecule has 0 radical (unpaired) electrons. The third-order valence-corrected chi connectivity index (χ3v) is 3.35. The van der Waals surface area contributed by atoms with Gasteiger partial charge in [-0.1, -0.05) is 19.1 Å². The Bertz CT molecular complexity index is 792. The van der Waals surface area contributed by atoms with Gasteiger partial charge in [0.05, 0.1) is 18.4 Å². The highest BCUT2D eigenvalue weighted by Crippen LogP contribution is 2.31. The van der Waals surface area contributed by atoms with Gasteiger partial charge in [0.25, 0.3) is 0 Å². The number of rotatable bonds is 5. The minimum Gasteiger partial charge on any atom is -0.501 e. The maximum Gasteiger partial charge on any atom is 0.416 e. The van der Waals surface area contributed by atoms with Crippen molar-refractivity contribution in [3.63, 3.8) is 0 Å². The highest BCUT2D eigenvalue weighted by atomic mass is 19.4. The SMILES string of the molecule is CCCO/C=C/c1cn(C)cc(-c2cccc(C(F)(F)F)c2)c1=O. The Morgan fingerprint density at radius 2 is 2.00 bits per heavy atom. The van der Waals surface area contributed by atoms with Crippen LogP contribution in [0.3, 0.4) is 0 Å². The number of aromatic nitrogens is 1. The van der Waals surface area contributed by atoms with E-state index in [1.54, 1.807) is 17.8 Å². The highest BCUT2D eigenvalue weighted by molar-refractivity contribution is 5.66. The smallest absolute Gasteiger partial charge is 0.416 e. The molecule has 0 amide bonds. The van der Waals surface area contributed by atoms with E-state index < -0.39 is 11.7 Å². The fourth-order valence-electron chi connectivity index (χ4n) is 2.23. The summed E-state index contributed by atoms with van der Waals surface area (Å²) < 4.78 is 45.5. The van der Waals surface area contributed by atoms with Crippen LogP contribution in [0.5, 0.6) is 0 Å². The standard InChI is InChI=1S/C18H18F3NO2/c1-3-8-24-9-7-14-11-22(2)12-16(17(14)23)13-5-4-6-15(10-13)18(19,20)21/h4-7,9-12H,3,8H2,1-2H3/b9-7+. The number of aryl methyl sites for hydroxylation is 1. The fourth-order valence-corrected chi connectivity index (χ4v) is 2.23. The van der Waals surface area contributed by atoms with Gasteiger partial charge in [0.15, 0.2) is 5.43 Å². The Kier molecular flexibility index (Phi) is 5.49. The molecule has 2 rings (SSSR count). The Balaban J connectivity index is 2.46. The first-order chi connectivity index (χ1) is 11.3. The maximum atomic E-state index is 12.9. The molecule has 24 heavy (non-hydrogen) atoms. The number of ether oxygens (including phenoxy) is 1. The van der Waals surface area contributed by atoms with Crippen LogP contribution >= 0.6 is 0 Å². The second kappa shape index (κ2) is 7.38. The van der Waals surface area contributed by atoms with E-state index in [0.29, 0.717) is 12.2 Å². The summed E-state index contributed by atoms with van der Waals surface area (Å²) >= 11 is 0. The van der Waals surface area contributed by atoms with E-state index in [0.717, 1.165) is 18.6 Å². The van der Waals surface area contributed by atoms with Crippen LogP contribution in [0.15, 0.2) is 47.7 Å². The molecule has 3 nitrogen and oxygen atoms in total. The Hall–Kier alpha value is -2.50. The number of benzene rings is 1. The van der Waals surface area contributed by atoms with Gasteiger partial charge in [-0.25, -0.2) is 0 Å². The zero-order valence-corrected chi connectivity index (χ0v) is 13.4. The molecule has 2 aromatic rings. The number of hydrogen-bond acceptors (Lipinski definition) is 2. The first kappa shape index (κ1) is 17.8. The second-order valence-corrected chi connectivity index (χ2v) is 5.37. The molecule has 0 unspecified atom stereocenters. The minimum absolute atomic E-state index is 0.209. The third kappa shape index (κ3) is 4.28. The molecule has 0 atom stereocenters. The van der Waals surface area contributed by atoms with Crippen LogP contribution in [0.25, 0.3) is 17.2 Å². The van der Waals surface area contributed by atoms with Crippen LogP contribution in [0, 0.1) is 0 Å². The zero-order valence-electron chi connectivity index (χ0n) is 13.4. The molecule has 0 N–H and O–H groups in total. The lowest BCUT2D eigenvalue weighted by atomic mass is 10.0. The van der Waals surface area contributed by atoms with Crippen molar-refractivity contribution in [1.29, 1.82) is 0 Å². The molecule has 0 aliphatic rings. The van der Waals surface area contributed by atoms with E-state index in [1.165, 1.54) is 30.7 Å². The lowest BCUT2D eigenvalue weighted by molar-refractivity contribution is -0.137. The average Bonchev–Trinajstić information content (AvgIpc) is 2.53. The number of alkyl halides is 3. The Morgan fingerprint density at radius 1 is 1.25 bits per heavy atom. The Labute approximate surface area is 138 Å². The first-order valence-corrected chi connectivity index (χ1v) is 7.49. The molecular weight excluding hydrogens is 319 g/mol. The van der Waals surface area contributed by atoms with Gasteiger partial charge in [-0.05, 0) is 30.2 Å². The lowest BCUT2D eigenvalue weighted by Gasteiger charge is -2.10. The molecule has 0 spiro atoms. The van der Waals surface area contributed by atoms with Gasteiger partial charge >= 0.3 is 6.18 Å². The van der Waals surface area contributed by atoms with Crippen LogP contribution < -0.4 is 5.43 Å². The maximum absolute atomic E-state index is 12.9. The quantitative estimate of drug-likeness (QED) is 0.595. The number of halogens is 3. The van der Waals surface area contributed by atoms with Gasteiger partial charge in [-0.3, -0.25) is 4.79 Å². The average molecular weight is 337 g/mol. The molecule has 128 valence electrons. The van der Waals surface area contributed by atoms with E-state index in [9.17, 15) is 18.0 Å². The summed E-state index contributed by atoms with van der Waals surface area (Å²) in [7, 11) is 1.71. The van der Waals surface area contributed by atoms with Crippen molar-refractivity contribution in [2.24, 2.45) is 7.05 Å². The largest absolute Gasteiger partial charge is 0.501 e. The first-order valence-electron chi connectivity index (χ1n) is 7.49. The highest BCUT2D eigenvalue weighted by Gasteiger charge is 2.30. The molecule has 1 aromatic heterocycles. The molecule has 0 saturated heterocycles. The van der Waals surface area contributed by atoms with E-state index in [4.69, 9.17) is 4.74 Å². The van der Waals surface area contributed by atoms with Gasteiger partial charge < -0.3 is 9.30 Å². The van der Waals surface area contributed by atoms with Crippen molar-refractivity contribution >= 4 is 6.08 Å². The van der Waals surface area contributed by atoms with E-state index in [2.05, 4.69) is 0 Å². The normalized spacial score (nSPS) is 11.9. The molecule has 1 heterocycles. The summed E-state index contributed by atoms with van der Waals surface area (Å²) in [5.74, 6) is 0. The predicted octanol–water partition coefficient (Wildman–Crippen LogP) is 4.47. The second-order valence-electron chi connectivity index (χ2n) is 5.37. The molecule has 6 heteroatoms. The third-order valence-electron chi connectivity index (χ3n) is 3.35. The lowest BCUT2D eigenvalue weighted by Crippen LogP contribution is -2.12. The number of hydrogen-bond donors (Lipinski definition) is 0. The molecule has 0 bridgehead atoms. The molecular formula is C18H18F3NO2.